The summed E-state index contributed by atoms with van der Waals surface area (Å²) in [7, 11) is 0. The number of benzene rings is 2. The van der Waals surface area contributed by atoms with Gasteiger partial charge in [-0.15, -0.1) is 11.3 Å². The lowest BCUT2D eigenvalue weighted by Gasteiger charge is -2.09. The van der Waals surface area contributed by atoms with Crippen LogP contribution in [0.5, 0.6) is 11.6 Å². The van der Waals surface area contributed by atoms with Gasteiger partial charge in [0.15, 0.2) is 23.2 Å². The maximum Gasteiger partial charge on any atom is 0.231 e. The van der Waals surface area contributed by atoms with Crippen LogP contribution in [0.2, 0.25) is 0 Å². The van der Waals surface area contributed by atoms with Gasteiger partial charge >= 0.3 is 0 Å². The summed E-state index contributed by atoms with van der Waals surface area (Å²) in [6, 6.07) is 7.59. The van der Waals surface area contributed by atoms with E-state index in [1.807, 2.05) is 0 Å². The highest BCUT2D eigenvalue weighted by atomic mass is 32.1. The van der Waals surface area contributed by atoms with Gasteiger partial charge in [0.25, 0.3) is 0 Å². The largest absolute Gasteiger partial charge is 0.435 e. The van der Waals surface area contributed by atoms with E-state index in [4.69, 9.17) is 10.5 Å². The number of hydrogen-bond acceptors (Lipinski definition) is 5. The number of nitrogens with two attached hydrogens (primary N) is 1. The summed E-state index contributed by atoms with van der Waals surface area (Å²) >= 11 is 1.29. The summed E-state index contributed by atoms with van der Waals surface area (Å²) in [5.41, 5.74) is 6.80. The lowest BCUT2D eigenvalue weighted by molar-refractivity contribution is 0.432. The van der Waals surface area contributed by atoms with Gasteiger partial charge in [-0.2, -0.15) is 0 Å². The minimum atomic E-state index is -0.967. The third-order valence-electron chi connectivity index (χ3n) is 3.73. The molecule has 4 rings (SSSR count). The van der Waals surface area contributed by atoms with Gasteiger partial charge in [0.1, 0.15) is 11.2 Å². The van der Waals surface area contributed by atoms with Crippen molar-refractivity contribution in [2.24, 2.45) is 0 Å². The maximum atomic E-state index is 14.0. The van der Waals surface area contributed by atoms with Crippen molar-refractivity contribution in [3.63, 3.8) is 0 Å². The Morgan fingerprint density at radius 2 is 1.77 bits per heavy atom. The SMILES string of the molecule is Nc1ccc(Oc2ncnc3scc(-c4ccc(F)c(F)c4)c23)c(F)c1. The molecule has 0 fully saturated rings. The van der Waals surface area contributed by atoms with Crippen LogP contribution in [0.4, 0.5) is 18.9 Å². The van der Waals surface area contributed by atoms with E-state index >= 15 is 0 Å². The predicted molar refractivity (Wildman–Crippen MR) is 93.7 cm³/mol. The first-order chi connectivity index (χ1) is 12.5. The number of aromatic nitrogens is 2. The smallest absolute Gasteiger partial charge is 0.231 e. The summed E-state index contributed by atoms with van der Waals surface area (Å²) in [5.74, 6) is -2.49. The molecule has 0 saturated heterocycles. The van der Waals surface area contributed by atoms with Crippen molar-refractivity contribution in [2.45, 2.75) is 0 Å². The van der Waals surface area contributed by atoms with Gasteiger partial charge in [-0.3, -0.25) is 0 Å². The first-order valence-corrected chi connectivity index (χ1v) is 8.31. The Morgan fingerprint density at radius 1 is 0.923 bits per heavy atom. The molecule has 2 aromatic heterocycles. The van der Waals surface area contributed by atoms with Gasteiger partial charge in [0, 0.05) is 22.7 Å². The molecule has 0 bridgehead atoms. The average molecular weight is 373 g/mol. The first-order valence-electron chi connectivity index (χ1n) is 7.43. The molecule has 0 unspecified atom stereocenters. The van der Waals surface area contributed by atoms with Crippen molar-refractivity contribution < 1.29 is 17.9 Å². The normalized spacial score (nSPS) is 11.0. The van der Waals surface area contributed by atoms with Crippen LogP contribution in [0, 0.1) is 17.5 Å². The van der Waals surface area contributed by atoms with Crippen molar-refractivity contribution >= 4 is 27.2 Å². The minimum Gasteiger partial charge on any atom is -0.435 e. The standard InChI is InChI=1S/C18H10F3N3OS/c19-12-3-1-9(5-13(12)20)11-7-26-18-16(11)17(23-8-24-18)25-15-4-2-10(22)6-14(15)21/h1-8H,22H2. The van der Waals surface area contributed by atoms with Crippen molar-refractivity contribution in [1.29, 1.82) is 0 Å². The fourth-order valence-corrected chi connectivity index (χ4v) is 3.41. The van der Waals surface area contributed by atoms with E-state index in [2.05, 4.69) is 9.97 Å². The highest BCUT2D eigenvalue weighted by molar-refractivity contribution is 7.17. The molecular formula is C18H10F3N3OS. The molecule has 2 aromatic carbocycles. The quantitative estimate of drug-likeness (QED) is 0.505. The Bertz CT molecular complexity index is 1130. The van der Waals surface area contributed by atoms with Gasteiger partial charge in [-0.05, 0) is 29.8 Å². The zero-order valence-electron chi connectivity index (χ0n) is 13.0. The van der Waals surface area contributed by atoms with E-state index < -0.39 is 17.5 Å². The summed E-state index contributed by atoms with van der Waals surface area (Å²) in [6.45, 7) is 0. The molecule has 4 aromatic rings. The Balaban J connectivity index is 1.85. The molecule has 130 valence electrons. The number of hydrogen-bond donors (Lipinski definition) is 1. The molecule has 26 heavy (non-hydrogen) atoms. The van der Waals surface area contributed by atoms with Gasteiger partial charge < -0.3 is 10.5 Å². The molecule has 8 heteroatoms. The van der Waals surface area contributed by atoms with E-state index in [1.54, 1.807) is 5.38 Å². The van der Waals surface area contributed by atoms with Crippen molar-refractivity contribution in [2.75, 3.05) is 5.73 Å². The second kappa shape index (κ2) is 6.30. The molecule has 0 spiro atoms. The monoisotopic (exact) mass is 373 g/mol. The number of thiophene rings is 1. The van der Waals surface area contributed by atoms with Gasteiger partial charge in [0.2, 0.25) is 5.88 Å². The van der Waals surface area contributed by atoms with Crippen LogP contribution in [-0.4, -0.2) is 9.97 Å². The van der Waals surface area contributed by atoms with Crippen LogP contribution in [-0.2, 0) is 0 Å². The maximum absolute atomic E-state index is 14.0. The predicted octanol–water partition coefficient (Wildman–Crippen LogP) is 5.15. The number of halogens is 3. The summed E-state index contributed by atoms with van der Waals surface area (Å²) in [4.78, 5) is 8.80. The van der Waals surface area contributed by atoms with Crippen molar-refractivity contribution in [3.8, 4) is 22.8 Å². The summed E-state index contributed by atoms with van der Waals surface area (Å²) in [6.07, 6.45) is 1.29. The zero-order chi connectivity index (χ0) is 18.3. The molecule has 0 aliphatic carbocycles. The average Bonchev–Trinajstić information content (AvgIpc) is 3.05. The summed E-state index contributed by atoms with van der Waals surface area (Å²) < 4.78 is 46.5. The van der Waals surface area contributed by atoms with E-state index in [1.165, 1.54) is 35.9 Å². The number of anilines is 1. The second-order valence-corrected chi connectivity index (χ2v) is 6.29. The summed E-state index contributed by atoms with van der Waals surface area (Å²) in [5, 5.41) is 2.22. The molecule has 0 aliphatic rings. The Hall–Kier alpha value is -3.13. The fraction of sp³-hybridized carbons (Fsp3) is 0. The zero-order valence-corrected chi connectivity index (χ0v) is 13.9. The molecule has 0 aliphatic heterocycles. The third kappa shape index (κ3) is 2.84. The number of nitrogen functional groups attached to an aromatic ring is 1. The van der Waals surface area contributed by atoms with Crippen molar-refractivity contribution in [1.82, 2.24) is 9.97 Å². The highest BCUT2D eigenvalue weighted by Gasteiger charge is 2.17. The number of ether oxygens (including phenoxy) is 1. The molecule has 0 amide bonds. The molecular weight excluding hydrogens is 363 g/mol. The van der Waals surface area contributed by atoms with Crippen LogP contribution in [0.15, 0.2) is 48.1 Å². The molecule has 0 atom stereocenters. The van der Waals surface area contributed by atoms with E-state index in [0.717, 1.165) is 18.2 Å². The Morgan fingerprint density at radius 3 is 2.54 bits per heavy atom. The lowest BCUT2D eigenvalue weighted by Crippen LogP contribution is -1.94. The molecule has 0 radical (unpaired) electrons. The molecule has 2 heterocycles. The highest BCUT2D eigenvalue weighted by Crippen LogP contribution is 2.39. The second-order valence-electron chi connectivity index (χ2n) is 5.43. The van der Waals surface area contributed by atoms with Crippen LogP contribution >= 0.6 is 11.3 Å². The number of fused-ring (bicyclic) bond motifs is 1. The van der Waals surface area contributed by atoms with Crippen LogP contribution in [0.1, 0.15) is 0 Å². The number of nitrogens with zero attached hydrogens (tertiary/aromatic N) is 2. The first kappa shape index (κ1) is 16.3. The van der Waals surface area contributed by atoms with E-state index in [-0.39, 0.29) is 17.3 Å². The Kier molecular flexibility index (Phi) is 3.96. The molecule has 4 nitrogen and oxygen atoms in total. The van der Waals surface area contributed by atoms with E-state index in [9.17, 15) is 13.2 Å². The van der Waals surface area contributed by atoms with Crippen LogP contribution in [0.3, 0.4) is 0 Å². The third-order valence-corrected chi connectivity index (χ3v) is 4.61. The Labute approximate surface area is 149 Å². The minimum absolute atomic E-state index is 0.0540. The molecule has 2 N–H and O–H groups in total. The van der Waals surface area contributed by atoms with E-state index in [0.29, 0.717) is 21.3 Å². The van der Waals surface area contributed by atoms with Gasteiger partial charge in [-0.25, -0.2) is 23.1 Å². The van der Waals surface area contributed by atoms with Crippen LogP contribution < -0.4 is 10.5 Å². The molecule has 0 saturated carbocycles. The van der Waals surface area contributed by atoms with Gasteiger partial charge in [0.05, 0.1) is 5.39 Å². The topological polar surface area (TPSA) is 61.0 Å². The fourth-order valence-electron chi connectivity index (χ4n) is 2.51. The lowest BCUT2D eigenvalue weighted by atomic mass is 10.1. The van der Waals surface area contributed by atoms with Crippen molar-refractivity contribution in [3.05, 3.63) is 65.6 Å². The van der Waals surface area contributed by atoms with Gasteiger partial charge in [-0.1, -0.05) is 6.07 Å². The van der Waals surface area contributed by atoms with Crippen LogP contribution in [0.25, 0.3) is 21.3 Å². The number of rotatable bonds is 3.